The number of halogens is 1. The number of amides is 1. The lowest BCUT2D eigenvalue weighted by molar-refractivity contribution is 0.171. The summed E-state index contributed by atoms with van der Waals surface area (Å²) in [6.45, 7) is 6.36. The maximum atomic E-state index is 10.9. The first kappa shape index (κ1) is 17.0. The highest BCUT2D eigenvalue weighted by Gasteiger charge is 2.11. The molecule has 1 aromatic rings. The Labute approximate surface area is 131 Å². The quantitative estimate of drug-likeness (QED) is 0.463. The van der Waals surface area contributed by atoms with E-state index in [0.717, 1.165) is 10.0 Å². The Morgan fingerprint density at radius 3 is 2.86 bits per heavy atom. The molecule has 0 saturated carbocycles. The third-order valence-electron chi connectivity index (χ3n) is 2.23. The van der Waals surface area contributed by atoms with Crippen molar-refractivity contribution in [1.82, 2.24) is 5.43 Å². The topological polar surface area (TPSA) is 69.2 Å². The van der Waals surface area contributed by atoms with Crippen LogP contribution in [0.1, 0.15) is 12.5 Å². The molecule has 0 aliphatic heterocycles. The van der Waals surface area contributed by atoms with Crippen molar-refractivity contribution in [2.45, 2.75) is 6.92 Å². The van der Waals surface area contributed by atoms with Gasteiger partial charge in [-0.1, -0.05) is 12.7 Å². The van der Waals surface area contributed by atoms with Crippen LogP contribution in [0.15, 0.2) is 34.4 Å². The maximum Gasteiger partial charge on any atom is 0.427 e. The molecule has 7 heteroatoms. The van der Waals surface area contributed by atoms with Crippen molar-refractivity contribution < 1.29 is 19.0 Å². The summed E-state index contributed by atoms with van der Waals surface area (Å²) in [5.41, 5.74) is 2.94. The van der Waals surface area contributed by atoms with Crippen molar-refractivity contribution in [3.63, 3.8) is 0 Å². The Morgan fingerprint density at radius 1 is 1.48 bits per heavy atom. The molecule has 1 amide bonds. The van der Waals surface area contributed by atoms with Gasteiger partial charge in [0.25, 0.3) is 0 Å². The van der Waals surface area contributed by atoms with Crippen LogP contribution >= 0.6 is 15.9 Å². The lowest BCUT2D eigenvalue weighted by Crippen LogP contribution is -2.16. The summed E-state index contributed by atoms with van der Waals surface area (Å²) < 4.78 is 16.2. The molecule has 0 aromatic heterocycles. The van der Waals surface area contributed by atoms with Crippen LogP contribution in [0.5, 0.6) is 11.5 Å². The van der Waals surface area contributed by atoms with Gasteiger partial charge in [0.2, 0.25) is 0 Å². The van der Waals surface area contributed by atoms with Gasteiger partial charge in [-0.2, -0.15) is 5.10 Å². The first-order valence-electron chi connectivity index (χ1n) is 6.19. The molecular formula is C14H17BrN2O4. The monoisotopic (exact) mass is 356 g/mol. The number of nitrogens with one attached hydrogen (secondary N) is 1. The van der Waals surface area contributed by atoms with E-state index in [1.807, 2.05) is 6.92 Å². The first-order valence-corrected chi connectivity index (χ1v) is 6.98. The molecule has 1 aromatic carbocycles. The summed E-state index contributed by atoms with van der Waals surface area (Å²) in [6, 6.07) is 3.55. The third kappa shape index (κ3) is 5.47. The molecule has 0 atom stereocenters. The zero-order chi connectivity index (χ0) is 15.7. The zero-order valence-electron chi connectivity index (χ0n) is 11.9. The second kappa shape index (κ2) is 9.02. The molecule has 1 rings (SSSR count). The standard InChI is InChI=1S/C14H17BrN2O4/c1-4-6-21-13-11(15)7-10(8-12(13)20-5-2)9-16-17-14(18)19-3/h4,7-9H,1,5-6H2,2-3H3,(H,17,18)/b16-9-. The van der Waals surface area contributed by atoms with Crippen LogP contribution in [-0.4, -0.2) is 32.6 Å². The highest BCUT2D eigenvalue weighted by atomic mass is 79.9. The molecule has 6 nitrogen and oxygen atoms in total. The molecular weight excluding hydrogens is 340 g/mol. The average molecular weight is 357 g/mol. The van der Waals surface area contributed by atoms with Gasteiger partial charge in [0.15, 0.2) is 11.5 Å². The van der Waals surface area contributed by atoms with Crippen molar-refractivity contribution in [3.05, 3.63) is 34.8 Å². The Kier molecular flexibility index (Phi) is 7.31. The maximum absolute atomic E-state index is 10.9. The minimum absolute atomic E-state index is 0.371. The van der Waals surface area contributed by atoms with Crippen LogP contribution in [0.3, 0.4) is 0 Å². The van der Waals surface area contributed by atoms with Crippen molar-refractivity contribution in [1.29, 1.82) is 0 Å². The van der Waals surface area contributed by atoms with Crippen LogP contribution in [0.4, 0.5) is 4.79 Å². The molecule has 0 bridgehead atoms. The van der Waals surface area contributed by atoms with E-state index in [1.54, 1.807) is 18.2 Å². The summed E-state index contributed by atoms with van der Waals surface area (Å²) in [4.78, 5) is 10.9. The average Bonchev–Trinajstić information content (AvgIpc) is 2.46. The van der Waals surface area contributed by atoms with E-state index in [2.05, 4.69) is 37.8 Å². The Morgan fingerprint density at radius 2 is 2.24 bits per heavy atom. The van der Waals surface area contributed by atoms with Crippen LogP contribution in [0, 0.1) is 0 Å². The normalized spacial score (nSPS) is 10.2. The highest BCUT2D eigenvalue weighted by Crippen LogP contribution is 2.36. The van der Waals surface area contributed by atoms with Crippen molar-refractivity contribution in [3.8, 4) is 11.5 Å². The van der Waals surface area contributed by atoms with E-state index < -0.39 is 6.09 Å². The van der Waals surface area contributed by atoms with Crippen molar-refractivity contribution in [2.75, 3.05) is 20.3 Å². The molecule has 114 valence electrons. The van der Waals surface area contributed by atoms with E-state index in [0.29, 0.717) is 24.7 Å². The molecule has 0 unspecified atom stereocenters. The number of rotatable bonds is 7. The van der Waals surface area contributed by atoms with Crippen molar-refractivity contribution >= 4 is 28.2 Å². The number of benzene rings is 1. The Balaban J connectivity index is 2.96. The van der Waals surface area contributed by atoms with Gasteiger partial charge in [-0.25, -0.2) is 10.2 Å². The second-order valence-electron chi connectivity index (χ2n) is 3.72. The Hall–Kier alpha value is -2.02. The number of ether oxygens (including phenoxy) is 3. The van der Waals surface area contributed by atoms with E-state index >= 15 is 0 Å². The highest BCUT2D eigenvalue weighted by molar-refractivity contribution is 9.10. The van der Waals surface area contributed by atoms with Gasteiger partial charge < -0.3 is 14.2 Å². The number of hydrogen-bond acceptors (Lipinski definition) is 5. The largest absolute Gasteiger partial charge is 0.490 e. The summed E-state index contributed by atoms with van der Waals surface area (Å²) >= 11 is 3.42. The third-order valence-corrected chi connectivity index (χ3v) is 2.82. The minimum atomic E-state index is -0.638. The van der Waals surface area contributed by atoms with Gasteiger partial charge >= 0.3 is 6.09 Å². The second-order valence-corrected chi connectivity index (χ2v) is 4.58. The fourth-order valence-electron chi connectivity index (χ4n) is 1.41. The predicted octanol–water partition coefficient (Wildman–Crippen LogP) is 3.10. The molecule has 0 radical (unpaired) electrons. The molecule has 0 spiro atoms. The fourth-order valence-corrected chi connectivity index (χ4v) is 1.99. The SMILES string of the molecule is C=CCOc1c(Br)cc(/C=N\NC(=O)OC)cc1OCC. The summed E-state index contributed by atoms with van der Waals surface area (Å²) in [7, 11) is 1.26. The van der Waals surface area contributed by atoms with Crippen molar-refractivity contribution in [2.24, 2.45) is 5.10 Å². The first-order chi connectivity index (χ1) is 10.1. The number of carbonyl (C=O) groups excluding carboxylic acids is 1. The van der Waals surface area contributed by atoms with Gasteiger partial charge in [-0.15, -0.1) is 0 Å². The fraction of sp³-hybridized carbons (Fsp3) is 0.286. The summed E-state index contributed by atoms with van der Waals surface area (Å²) in [5, 5.41) is 3.76. The zero-order valence-corrected chi connectivity index (χ0v) is 13.5. The minimum Gasteiger partial charge on any atom is -0.490 e. The van der Waals surface area contributed by atoms with Crippen LogP contribution < -0.4 is 14.9 Å². The van der Waals surface area contributed by atoms with Crippen LogP contribution in [-0.2, 0) is 4.74 Å². The van der Waals surface area contributed by atoms with Gasteiger partial charge in [0.1, 0.15) is 6.61 Å². The van der Waals surface area contributed by atoms with Gasteiger partial charge in [0.05, 0.1) is 24.4 Å². The number of methoxy groups -OCH3 is 1. The van der Waals surface area contributed by atoms with E-state index in [9.17, 15) is 4.79 Å². The number of nitrogens with zero attached hydrogens (tertiary/aromatic N) is 1. The number of carbonyl (C=O) groups is 1. The predicted molar refractivity (Wildman–Crippen MR) is 84.1 cm³/mol. The van der Waals surface area contributed by atoms with E-state index in [4.69, 9.17) is 9.47 Å². The summed E-state index contributed by atoms with van der Waals surface area (Å²) in [6.07, 6.45) is 2.49. The number of hydrazone groups is 1. The molecule has 21 heavy (non-hydrogen) atoms. The van der Waals surface area contributed by atoms with Crippen LogP contribution in [0.25, 0.3) is 0 Å². The molecule has 1 N–H and O–H groups in total. The van der Waals surface area contributed by atoms with Gasteiger partial charge in [0, 0.05) is 0 Å². The Bertz CT molecular complexity index is 532. The smallest absolute Gasteiger partial charge is 0.427 e. The number of hydrogen-bond donors (Lipinski definition) is 1. The molecule has 0 heterocycles. The summed E-state index contributed by atoms with van der Waals surface area (Å²) in [5.74, 6) is 1.17. The van der Waals surface area contributed by atoms with Gasteiger partial charge in [-0.3, -0.25) is 0 Å². The lowest BCUT2D eigenvalue weighted by Gasteiger charge is -2.13. The van der Waals surface area contributed by atoms with Crippen LogP contribution in [0.2, 0.25) is 0 Å². The lowest BCUT2D eigenvalue weighted by atomic mass is 10.2. The molecule has 0 aliphatic rings. The molecule has 0 saturated heterocycles. The molecule has 0 aliphatic carbocycles. The molecule has 0 fully saturated rings. The van der Waals surface area contributed by atoms with Gasteiger partial charge in [-0.05, 0) is 40.5 Å². The van der Waals surface area contributed by atoms with E-state index in [-0.39, 0.29) is 0 Å². The van der Waals surface area contributed by atoms with E-state index in [1.165, 1.54) is 13.3 Å².